The molecule has 2 aliphatic rings. The molecule has 0 unspecified atom stereocenters. The fourth-order valence-electron chi connectivity index (χ4n) is 0.856. The van der Waals surface area contributed by atoms with Gasteiger partial charge in [0.1, 0.15) is 0 Å². The smallest absolute Gasteiger partial charge is 0.335 e. The SMILES string of the molecule is O=S=O.Oc1c2ccc-2c1O. The van der Waals surface area contributed by atoms with Crippen molar-refractivity contribution in [1.82, 2.24) is 0 Å². The van der Waals surface area contributed by atoms with Crippen LogP contribution in [-0.4, -0.2) is 18.6 Å². The molecule has 58 valence electrons. The van der Waals surface area contributed by atoms with Crippen LogP contribution in [0, 0.1) is 0 Å². The standard InChI is InChI=1S/C6H4O2.O2S/c7-5-3-1-2-4(3)6(5)8;1-3-2/h1-2,7-8H;. The molecular formula is C6H4O4S. The number of aromatic hydroxyl groups is 2. The molecule has 0 aliphatic heterocycles. The van der Waals surface area contributed by atoms with Crippen LogP contribution in [0.15, 0.2) is 12.1 Å². The average Bonchev–Trinajstić information content (AvgIpc) is 1.87. The van der Waals surface area contributed by atoms with Crippen LogP contribution in [0.2, 0.25) is 0 Å². The lowest BCUT2D eigenvalue weighted by Crippen LogP contribution is -1.91. The lowest BCUT2D eigenvalue weighted by Gasteiger charge is -2.18. The van der Waals surface area contributed by atoms with Crippen LogP contribution < -0.4 is 0 Å². The summed E-state index contributed by atoms with van der Waals surface area (Å²) < 4.78 is 16.6. The van der Waals surface area contributed by atoms with Gasteiger partial charge in [0.2, 0.25) is 0 Å². The Morgan fingerprint density at radius 1 is 1.00 bits per heavy atom. The molecule has 0 bridgehead atoms. The van der Waals surface area contributed by atoms with Gasteiger partial charge in [-0.2, -0.15) is 8.42 Å². The molecule has 0 fully saturated rings. The second kappa shape index (κ2) is 2.71. The molecule has 4 nitrogen and oxygen atoms in total. The predicted octanol–water partition coefficient (Wildman–Crippen LogP) is 0.408. The Bertz CT molecular complexity index is 301. The van der Waals surface area contributed by atoms with Crippen LogP contribution in [0.1, 0.15) is 0 Å². The van der Waals surface area contributed by atoms with E-state index in [-0.39, 0.29) is 11.5 Å². The first-order valence-electron chi connectivity index (χ1n) is 2.69. The Labute approximate surface area is 65.7 Å². The van der Waals surface area contributed by atoms with E-state index >= 15 is 0 Å². The van der Waals surface area contributed by atoms with Crippen molar-refractivity contribution >= 4 is 11.6 Å². The highest BCUT2D eigenvalue weighted by atomic mass is 32.1. The van der Waals surface area contributed by atoms with Gasteiger partial charge in [-0.15, -0.1) is 0 Å². The fourth-order valence-corrected chi connectivity index (χ4v) is 0.856. The first kappa shape index (κ1) is 7.74. The van der Waals surface area contributed by atoms with E-state index in [1.165, 1.54) is 0 Å². The van der Waals surface area contributed by atoms with Gasteiger partial charge >= 0.3 is 11.6 Å². The Hall–Kier alpha value is -1.36. The van der Waals surface area contributed by atoms with Gasteiger partial charge in [-0.3, -0.25) is 0 Å². The molecular weight excluding hydrogens is 168 g/mol. The highest BCUT2D eigenvalue weighted by Crippen LogP contribution is 2.53. The molecule has 0 aromatic heterocycles. The van der Waals surface area contributed by atoms with Crippen LogP contribution in [0.3, 0.4) is 0 Å². The zero-order valence-electron chi connectivity index (χ0n) is 5.27. The summed E-state index contributed by atoms with van der Waals surface area (Å²) in [5, 5.41) is 17.5. The van der Waals surface area contributed by atoms with Crippen molar-refractivity contribution in [2.75, 3.05) is 0 Å². The average molecular weight is 172 g/mol. The van der Waals surface area contributed by atoms with Gasteiger partial charge in [0.05, 0.1) is 0 Å². The molecule has 0 saturated carbocycles. The van der Waals surface area contributed by atoms with Crippen molar-refractivity contribution < 1.29 is 18.6 Å². The van der Waals surface area contributed by atoms with Crippen LogP contribution in [0.5, 0.6) is 11.5 Å². The number of phenolic OH excluding ortho intramolecular Hbond substituents is 2. The highest BCUT2D eigenvalue weighted by molar-refractivity contribution is 7.51. The van der Waals surface area contributed by atoms with E-state index in [4.69, 9.17) is 18.6 Å². The van der Waals surface area contributed by atoms with Gasteiger partial charge in [0.15, 0.2) is 11.5 Å². The third-order valence-electron chi connectivity index (χ3n) is 1.44. The summed E-state index contributed by atoms with van der Waals surface area (Å²) in [6, 6.07) is 3.54. The summed E-state index contributed by atoms with van der Waals surface area (Å²) in [4.78, 5) is 0. The van der Waals surface area contributed by atoms with Gasteiger partial charge in [-0.05, 0) is 12.1 Å². The van der Waals surface area contributed by atoms with E-state index in [1.807, 2.05) is 0 Å². The van der Waals surface area contributed by atoms with Crippen molar-refractivity contribution in [3.8, 4) is 22.6 Å². The molecule has 0 aromatic carbocycles. The minimum atomic E-state index is -0.750. The lowest BCUT2D eigenvalue weighted by molar-refractivity contribution is 0.396. The van der Waals surface area contributed by atoms with Crippen molar-refractivity contribution in [3.63, 3.8) is 0 Å². The topological polar surface area (TPSA) is 74.6 Å². The van der Waals surface area contributed by atoms with Crippen molar-refractivity contribution in [2.45, 2.75) is 0 Å². The van der Waals surface area contributed by atoms with Crippen LogP contribution in [0.25, 0.3) is 11.1 Å². The molecule has 0 radical (unpaired) electrons. The van der Waals surface area contributed by atoms with E-state index in [9.17, 15) is 0 Å². The number of hydrogen-bond donors (Lipinski definition) is 2. The lowest BCUT2D eigenvalue weighted by atomic mass is 9.90. The molecule has 2 rings (SSSR count). The molecule has 0 aromatic rings. The summed E-state index contributed by atoms with van der Waals surface area (Å²) in [6.07, 6.45) is 0. The van der Waals surface area contributed by atoms with Gasteiger partial charge in [-0.25, -0.2) is 0 Å². The zero-order chi connectivity index (χ0) is 8.43. The van der Waals surface area contributed by atoms with Gasteiger partial charge in [0, 0.05) is 11.1 Å². The molecule has 2 N–H and O–H groups in total. The van der Waals surface area contributed by atoms with Crippen molar-refractivity contribution in [1.29, 1.82) is 0 Å². The number of rotatable bonds is 0. The molecule has 11 heavy (non-hydrogen) atoms. The molecule has 0 saturated heterocycles. The largest absolute Gasteiger partial charge is 0.504 e. The fraction of sp³-hybridized carbons (Fsp3) is 0. The maximum Gasteiger partial charge on any atom is 0.335 e. The second-order valence-electron chi connectivity index (χ2n) is 1.93. The van der Waals surface area contributed by atoms with E-state index in [2.05, 4.69) is 0 Å². The first-order valence-corrected chi connectivity index (χ1v) is 3.36. The van der Waals surface area contributed by atoms with E-state index in [1.54, 1.807) is 12.1 Å². The minimum Gasteiger partial charge on any atom is -0.504 e. The van der Waals surface area contributed by atoms with Crippen LogP contribution in [0.4, 0.5) is 0 Å². The summed E-state index contributed by atoms with van der Waals surface area (Å²) in [5.41, 5.74) is 1.59. The summed E-state index contributed by atoms with van der Waals surface area (Å²) in [5.74, 6) is 0.0880. The monoisotopic (exact) mass is 172 g/mol. The Morgan fingerprint density at radius 3 is 1.36 bits per heavy atom. The molecule has 0 spiro atoms. The molecule has 0 amide bonds. The highest BCUT2D eigenvalue weighted by Gasteiger charge is 2.24. The summed E-state index contributed by atoms with van der Waals surface area (Å²) in [6.45, 7) is 0. The normalized spacial score (nSPS) is 9.45. The van der Waals surface area contributed by atoms with E-state index in [0.717, 1.165) is 11.1 Å². The van der Waals surface area contributed by atoms with Crippen LogP contribution in [-0.2, 0) is 11.6 Å². The molecule has 5 heteroatoms. The number of fused-ring (bicyclic) bond motifs is 1. The summed E-state index contributed by atoms with van der Waals surface area (Å²) in [7, 11) is 0. The molecule has 0 atom stereocenters. The maximum atomic E-state index is 8.73. The van der Waals surface area contributed by atoms with E-state index in [0.29, 0.717) is 0 Å². The minimum absolute atomic E-state index is 0.0440. The Balaban J connectivity index is 0.000000179. The maximum absolute atomic E-state index is 8.73. The summed E-state index contributed by atoms with van der Waals surface area (Å²) >= 11 is -0.750. The Morgan fingerprint density at radius 2 is 1.27 bits per heavy atom. The number of phenols is 2. The quantitative estimate of drug-likeness (QED) is 0.564. The third kappa shape index (κ3) is 0.988. The van der Waals surface area contributed by atoms with Crippen molar-refractivity contribution in [2.24, 2.45) is 0 Å². The van der Waals surface area contributed by atoms with Gasteiger partial charge < -0.3 is 10.2 Å². The first-order chi connectivity index (χ1) is 5.22. The number of hydrogen-bond acceptors (Lipinski definition) is 4. The third-order valence-corrected chi connectivity index (χ3v) is 1.44. The van der Waals surface area contributed by atoms with Gasteiger partial charge in [-0.1, -0.05) is 0 Å². The molecule has 2 aliphatic carbocycles. The second-order valence-corrected chi connectivity index (χ2v) is 2.06. The number of benzene rings is 1. The van der Waals surface area contributed by atoms with Gasteiger partial charge in [0.25, 0.3) is 0 Å². The van der Waals surface area contributed by atoms with Crippen molar-refractivity contribution in [3.05, 3.63) is 12.1 Å². The molecule has 0 heterocycles. The van der Waals surface area contributed by atoms with E-state index < -0.39 is 11.6 Å². The predicted molar refractivity (Wildman–Crippen MR) is 37.7 cm³/mol. The zero-order valence-corrected chi connectivity index (χ0v) is 6.09. The van der Waals surface area contributed by atoms with Crippen LogP contribution >= 0.6 is 0 Å². The Kier molecular flexibility index (Phi) is 1.91.